The van der Waals surface area contributed by atoms with Crippen molar-refractivity contribution >= 4 is 23.6 Å². The van der Waals surface area contributed by atoms with Gasteiger partial charge in [0.25, 0.3) is 0 Å². The highest BCUT2D eigenvalue weighted by atomic mass is 35.5. The molecule has 1 aliphatic carbocycles. The predicted octanol–water partition coefficient (Wildman–Crippen LogP) is 3.42. The number of anilines is 1. The summed E-state index contributed by atoms with van der Waals surface area (Å²) in [6.07, 6.45) is 3.87. The minimum absolute atomic E-state index is 0.0562. The molecular weight excluding hydrogens is 234 g/mol. The van der Waals surface area contributed by atoms with Crippen molar-refractivity contribution in [3.05, 3.63) is 29.8 Å². The van der Waals surface area contributed by atoms with Crippen LogP contribution in [0.25, 0.3) is 0 Å². The van der Waals surface area contributed by atoms with Gasteiger partial charge in [-0.3, -0.25) is 0 Å². The van der Waals surface area contributed by atoms with Crippen molar-refractivity contribution < 1.29 is 4.79 Å². The monoisotopic (exact) mass is 251 g/mol. The van der Waals surface area contributed by atoms with Crippen LogP contribution in [0.5, 0.6) is 0 Å². The normalized spacial score (nSPS) is 28.7. The molecular formula is C14H18ClNO. The van der Waals surface area contributed by atoms with Gasteiger partial charge in [0, 0.05) is 24.0 Å². The fraction of sp³-hybridized carbons (Fsp3) is 0.500. The van der Waals surface area contributed by atoms with Crippen LogP contribution in [-0.2, 0) is 4.79 Å². The van der Waals surface area contributed by atoms with E-state index in [9.17, 15) is 4.79 Å². The largest absolute Gasteiger partial charge is 0.388 e. The lowest BCUT2D eigenvalue weighted by molar-refractivity contribution is -0.112. The second kappa shape index (κ2) is 5.54. The van der Waals surface area contributed by atoms with Crippen LogP contribution >= 0.6 is 11.6 Å². The summed E-state index contributed by atoms with van der Waals surface area (Å²) < 4.78 is 0. The van der Waals surface area contributed by atoms with E-state index >= 15 is 0 Å². The summed E-state index contributed by atoms with van der Waals surface area (Å²) >= 11 is 6.14. The van der Waals surface area contributed by atoms with Gasteiger partial charge in [-0.15, -0.1) is 11.6 Å². The van der Waals surface area contributed by atoms with Crippen molar-refractivity contribution in [2.24, 2.45) is 5.92 Å². The molecule has 2 rings (SSSR count). The number of carbonyl (C=O) groups excluding carboxylic acids is 1. The molecule has 0 bridgehead atoms. The Morgan fingerprint density at radius 3 is 2.82 bits per heavy atom. The first kappa shape index (κ1) is 12.4. The molecule has 0 unspecified atom stereocenters. The third kappa shape index (κ3) is 2.63. The molecule has 0 spiro atoms. The summed E-state index contributed by atoms with van der Waals surface area (Å²) in [5, 5.41) is 3.36. The molecule has 1 fully saturated rings. The molecule has 1 N–H and O–H groups in total. The van der Waals surface area contributed by atoms with Gasteiger partial charge >= 0.3 is 0 Å². The number of halogens is 1. The van der Waals surface area contributed by atoms with Gasteiger partial charge in [-0.2, -0.15) is 0 Å². The second-order valence-corrected chi connectivity index (χ2v) is 5.27. The van der Waals surface area contributed by atoms with Crippen molar-refractivity contribution in [3.63, 3.8) is 0 Å². The van der Waals surface area contributed by atoms with Crippen LogP contribution in [0.1, 0.15) is 30.7 Å². The Kier molecular flexibility index (Phi) is 4.06. The number of nitrogens with one attached hydrogen (secondary N) is 1. The molecule has 1 aromatic rings. The van der Waals surface area contributed by atoms with E-state index in [2.05, 4.69) is 17.4 Å². The van der Waals surface area contributed by atoms with Gasteiger partial charge in [0.1, 0.15) is 6.29 Å². The van der Waals surface area contributed by atoms with E-state index in [4.69, 9.17) is 11.6 Å². The number of aldehydes is 1. The SMILES string of the molecule is CNc1ccccc1[C@H]1CC[C@@H](Cl)C[C@@H]1C=O. The van der Waals surface area contributed by atoms with Crippen LogP contribution in [0.4, 0.5) is 5.69 Å². The molecule has 0 amide bonds. The number of hydrogen-bond donors (Lipinski definition) is 1. The molecule has 3 atom stereocenters. The number of carbonyl (C=O) groups is 1. The molecule has 3 heteroatoms. The highest BCUT2D eigenvalue weighted by molar-refractivity contribution is 6.20. The zero-order valence-electron chi connectivity index (χ0n) is 10.0. The first-order valence-electron chi connectivity index (χ1n) is 6.12. The Morgan fingerprint density at radius 2 is 2.12 bits per heavy atom. The van der Waals surface area contributed by atoms with Crippen LogP contribution < -0.4 is 5.32 Å². The number of rotatable bonds is 3. The minimum Gasteiger partial charge on any atom is -0.388 e. The highest BCUT2D eigenvalue weighted by Gasteiger charge is 2.31. The molecule has 0 heterocycles. The van der Waals surface area contributed by atoms with Crippen molar-refractivity contribution in [2.75, 3.05) is 12.4 Å². The number of benzene rings is 1. The first-order valence-corrected chi connectivity index (χ1v) is 6.56. The van der Waals surface area contributed by atoms with Gasteiger partial charge in [-0.05, 0) is 36.8 Å². The molecule has 92 valence electrons. The fourth-order valence-corrected chi connectivity index (χ4v) is 3.07. The van der Waals surface area contributed by atoms with E-state index in [0.717, 1.165) is 31.2 Å². The van der Waals surface area contributed by atoms with Gasteiger partial charge in [-0.25, -0.2) is 0 Å². The Morgan fingerprint density at radius 1 is 1.35 bits per heavy atom. The summed E-state index contributed by atoms with van der Waals surface area (Å²) in [5.41, 5.74) is 2.37. The zero-order chi connectivity index (χ0) is 12.3. The third-order valence-electron chi connectivity index (χ3n) is 3.64. The van der Waals surface area contributed by atoms with Gasteiger partial charge in [0.15, 0.2) is 0 Å². The predicted molar refractivity (Wildman–Crippen MR) is 71.8 cm³/mol. The molecule has 0 aliphatic heterocycles. The quantitative estimate of drug-likeness (QED) is 0.659. The lowest BCUT2D eigenvalue weighted by atomic mass is 9.75. The van der Waals surface area contributed by atoms with Crippen LogP contribution in [0.15, 0.2) is 24.3 Å². The highest BCUT2D eigenvalue weighted by Crippen LogP contribution is 2.41. The smallest absolute Gasteiger partial charge is 0.123 e. The molecule has 1 aromatic carbocycles. The lowest BCUT2D eigenvalue weighted by Gasteiger charge is -2.32. The minimum atomic E-state index is 0.0562. The average molecular weight is 252 g/mol. The number of alkyl halides is 1. The van der Waals surface area contributed by atoms with Crippen molar-refractivity contribution in [3.8, 4) is 0 Å². The summed E-state index contributed by atoms with van der Waals surface area (Å²) in [7, 11) is 1.92. The molecule has 0 aromatic heterocycles. The molecule has 1 saturated carbocycles. The molecule has 1 aliphatic rings. The first-order chi connectivity index (χ1) is 8.26. The summed E-state index contributed by atoms with van der Waals surface area (Å²) in [6, 6.07) is 8.22. The summed E-state index contributed by atoms with van der Waals surface area (Å²) in [6.45, 7) is 0. The zero-order valence-corrected chi connectivity index (χ0v) is 10.8. The summed E-state index contributed by atoms with van der Waals surface area (Å²) in [4.78, 5) is 11.2. The van der Waals surface area contributed by atoms with Crippen LogP contribution in [-0.4, -0.2) is 18.7 Å². The van der Waals surface area contributed by atoms with Crippen molar-refractivity contribution in [1.82, 2.24) is 0 Å². The van der Waals surface area contributed by atoms with Gasteiger partial charge in [0.2, 0.25) is 0 Å². The number of para-hydroxylation sites is 1. The third-order valence-corrected chi connectivity index (χ3v) is 4.04. The molecule has 17 heavy (non-hydrogen) atoms. The van der Waals surface area contributed by atoms with E-state index < -0.39 is 0 Å². The summed E-state index contributed by atoms with van der Waals surface area (Å²) in [5.74, 6) is 0.367. The van der Waals surface area contributed by atoms with Crippen LogP contribution in [0.3, 0.4) is 0 Å². The second-order valence-electron chi connectivity index (χ2n) is 4.65. The van der Waals surface area contributed by atoms with E-state index in [0.29, 0.717) is 5.92 Å². The van der Waals surface area contributed by atoms with Crippen molar-refractivity contribution in [2.45, 2.75) is 30.6 Å². The standard InChI is InChI=1S/C14H18ClNO/c1-16-14-5-3-2-4-13(14)12-7-6-11(15)8-10(12)9-17/h2-5,9-12,16H,6-8H2,1H3/t10-,11-,12+/m1/s1. The maximum atomic E-state index is 11.2. The van der Waals surface area contributed by atoms with Crippen LogP contribution in [0, 0.1) is 5.92 Å². The maximum Gasteiger partial charge on any atom is 0.123 e. The number of hydrogen-bond acceptors (Lipinski definition) is 2. The van der Waals surface area contributed by atoms with Gasteiger partial charge < -0.3 is 10.1 Å². The fourth-order valence-electron chi connectivity index (χ4n) is 2.74. The Bertz CT molecular complexity index is 394. The maximum absolute atomic E-state index is 11.2. The molecule has 2 nitrogen and oxygen atoms in total. The Balaban J connectivity index is 2.28. The van der Waals surface area contributed by atoms with E-state index in [1.165, 1.54) is 5.56 Å². The average Bonchev–Trinajstić information content (AvgIpc) is 2.38. The van der Waals surface area contributed by atoms with E-state index in [-0.39, 0.29) is 11.3 Å². The molecule has 0 radical (unpaired) electrons. The topological polar surface area (TPSA) is 29.1 Å². The van der Waals surface area contributed by atoms with Crippen LogP contribution in [0.2, 0.25) is 0 Å². The van der Waals surface area contributed by atoms with E-state index in [1.54, 1.807) is 0 Å². The lowest BCUT2D eigenvalue weighted by Crippen LogP contribution is -2.25. The van der Waals surface area contributed by atoms with Crippen molar-refractivity contribution in [1.29, 1.82) is 0 Å². The van der Waals surface area contributed by atoms with Gasteiger partial charge in [-0.1, -0.05) is 18.2 Å². The van der Waals surface area contributed by atoms with E-state index in [1.807, 2.05) is 19.2 Å². The van der Waals surface area contributed by atoms with Gasteiger partial charge in [0.05, 0.1) is 0 Å². The molecule has 0 saturated heterocycles. The Labute approximate surface area is 107 Å². The Hall–Kier alpha value is -1.02.